The first-order valence-corrected chi connectivity index (χ1v) is 11.6. The number of likely N-dealkylation sites (N-methyl/N-ethyl adjacent to an activating group) is 1. The van der Waals surface area contributed by atoms with Gasteiger partial charge in [-0.3, -0.25) is 13.6 Å². The summed E-state index contributed by atoms with van der Waals surface area (Å²) < 4.78 is 27.0. The summed E-state index contributed by atoms with van der Waals surface area (Å²) in [4.78, 5) is 16.0. The van der Waals surface area contributed by atoms with Crippen LogP contribution < -0.4 is 4.90 Å². The highest BCUT2D eigenvalue weighted by Gasteiger charge is 2.37. The molecule has 30 heavy (non-hydrogen) atoms. The van der Waals surface area contributed by atoms with E-state index in [1.165, 1.54) is 14.2 Å². The van der Waals surface area contributed by atoms with Gasteiger partial charge in [-0.1, -0.05) is 12.1 Å². The van der Waals surface area contributed by atoms with Gasteiger partial charge in [0.1, 0.15) is 12.1 Å². The van der Waals surface area contributed by atoms with Crippen LogP contribution in [0.5, 0.6) is 0 Å². The zero-order valence-electron chi connectivity index (χ0n) is 17.5. The van der Waals surface area contributed by atoms with Gasteiger partial charge >= 0.3 is 7.75 Å². The average Bonchev–Trinajstić information content (AvgIpc) is 3.24. The highest BCUT2D eigenvalue weighted by atomic mass is 31.2. The fourth-order valence-corrected chi connectivity index (χ4v) is 5.42. The smallest absolute Gasteiger partial charge is 0.337 e. The lowest BCUT2D eigenvalue weighted by molar-refractivity contribution is 0.184. The van der Waals surface area contributed by atoms with E-state index < -0.39 is 7.75 Å². The van der Waals surface area contributed by atoms with E-state index in [-0.39, 0.29) is 6.04 Å². The van der Waals surface area contributed by atoms with Gasteiger partial charge in [0.25, 0.3) is 0 Å². The largest absolute Gasteiger partial charge is 0.407 e. The van der Waals surface area contributed by atoms with Gasteiger partial charge in [0, 0.05) is 46.1 Å². The van der Waals surface area contributed by atoms with E-state index in [0.29, 0.717) is 19.0 Å². The molecule has 2 aromatic heterocycles. The van der Waals surface area contributed by atoms with Gasteiger partial charge in [-0.15, -0.1) is 0 Å². The van der Waals surface area contributed by atoms with E-state index in [2.05, 4.69) is 21.8 Å². The molecule has 0 spiro atoms. The monoisotopic (exact) mass is 430 g/mol. The van der Waals surface area contributed by atoms with Crippen molar-refractivity contribution >= 4 is 24.7 Å². The molecule has 1 saturated heterocycles. The summed E-state index contributed by atoms with van der Waals surface area (Å²) in [5.41, 5.74) is 1.91. The van der Waals surface area contributed by atoms with Crippen LogP contribution in [0.2, 0.25) is 0 Å². The molecule has 0 saturated carbocycles. The first kappa shape index (κ1) is 20.9. The number of hydrogen-bond acceptors (Lipinski definition) is 7. The molecular weight excluding hydrogens is 403 g/mol. The fraction of sp³-hybridized carbons (Fsp3) is 0.450. The van der Waals surface area contributed by atoms with E-state index in [9.17, 15) is 4.57 Å². The van der Waals surface area contributed by atoms with Crippen molar-refractivity contribution in [1.82, 2.24) is 24.2 Å². The van der Waals surface area contributed by atoms with Gasteiger partial charge in [-0.25, -0.2) is 19.2 Å². The predicted octanol–water partition coefficient (Wildman–Crippen LogP) is 3.51. The highest BCUT2D eigenvalue weighted by molar-refractivity contribution is 7.51. The number of fused-ring (bicyclic) bond motifs is 1. The molecule has 3 heterocycles. The van der Waals surface area contributed by atoms with Crippen LogP contribution in [-0.4, -0.2) is 64.1 Å². The van der Waals surface area contributed by atoms with Gasteiger partial charge < -0.3 is 4.90 Å². The molecule has 0 radical (unpaired) electrons. The molecule has 3 aromatic rings. The summed E-state index contributed by atoms with van der Waals surface area (Å²) in [6.07, 6.45) is 5.40. The fourth-order valence-electron chi connectivity index (χ4n) is 4.03. The molecule has 10 heteroatoms. The van der Waals surface area contributed by atoms with Crippen molar-refractivity contribution in [1.29, 1.82) is 0 Å². The second-order valence-corrected chi connectivity index (χ2v) is 9.38. The van der Waals surface area contributed by atoms with E-state index in [0.717, 1.165) is 36.2 Å². The number of piperidine rings is 1. The van der Waals surface area contributed by atoms with Gasteiger partial charge in [0.2, 0.25) is 5.95 Å². The number of nitrogens with zero attached hydrogens (tertiary/aromatic N) is 6. The van der Waals surface area contributed by atoms with Crippen LogP contribution in [-0.2, 0) is 13.6 Å². The lowest BCUT2D eigenvalue weighted by atomic mass is 10.1. The minimum absolute atomic E-state index is 0.108. The predicted molar refractivity (Wildman–Crippen MR) is 116 cm³/mol. The van der Waals surface area contributed by atoms with Crippen LogP contribution >= 0.6 is 7.75 Å². The van der Waals surface area contributed by atoms with Gasteiger partial charge in [-0.05, 0) is 38.0 Å². The quantitative estimate of drug-likeness (QED) is 0.527. The van der Waals surface area contributed by atoms with Crippen molar-refractivity contribution in [2.75, 3.05) is 38.8 Å². The molecule has 9 nitrogen and oxygen atoms in total. The van der Waals surface area contributed by atoms with Crippen LogP contribution in [0.25, 0.3) is 16.9 Å². The van der Waals surface area contributed by atoms with Crippen molar-refractivity contribution in [2.45, 2.75) is 25.8 Å². The van der Waals surface area contributed by atoms with Crippen LogP contribution in [0.15, 0.2) is 42.9 Å². The molecule has 4 rings (SSSR count). The van der Waals surface area contributed by atoms with Crippen molar-refractivity contribution in [2.24, 2.45) is 0 Å². The number of hydrogen-bond donors (Lipinski definition) is 0. The highest BCUT2D eigenvalue weighted by Crippen LogP contribution is 2.51. The van der Waals surface area contributed by atoms with Crippen LogP contribution in [0.1, 0.15) is 19.8 Å². The van der Waals surface area contributed by atoms with Crippen molar-refractivity contribution in [3.63, 3.8) is 0 Å². The van der Waals surface area contributed by atoms with E-state index in [4.69, 9.17) is 14.0 Å². The lowest BCUT2D eigenvalue weighted by Gasteiger charge is -2.40. The van der Waals surface area contributed by atoms with Crippen molar-refractivity contribution < 1.29 is 13.6 Å². The Morgan fingerprint density at radius 2 is 2.00 bits per heavy atom. The number of aromatic nitrogens is 4. The summed E-state index contributed by atoms with van der Waals surface area (Å²) in [6, 6.07) is 9.94. The second-order valence-electron chi connectivity index (χ2n) is 7.15. The Morgan fingerprint density at radius 3 is 2.77 bits per heavy atom. The minimum Gasteiger partial charge on any atom is -0.337 e. The summed E-state index contributed by atoms with van der Waals surface area (Å²) >= 11 is 0. The Morgan fingerprint density at radius 1 is 1.20 bits per heavy atom. The molecule has 1 atom stereocenters. The first-order chi connectivity index (χ1) is 14.6. The van der Waals surface area contributed by atoms with Crippen LogP contribution in [0, 0.1) is 0 Å². The molecule has 0 amide bonds. The Labute approximate surface area is 176 Å². The third kappa shape index (κ3) is 3.86. The molecule has 160 valence electrons. The molecular formula is C20H27N6O3P. The topological polar surface area (TPSA) is 85.6 Å². The third-order valence-corrected chi connectivity index (χ3v) is 7.53. The maximum atomic E-state index is 12.9. The number of para-hydroxylation sites is 2. The maximum Gasteiger partial charge on any atom is 0.407 e. The molecule has 1 unspecified atom stereocenters. The average molecular weight is 430 g/mol. The second kappa shape index (κ2) is 8.81. The number of rotatable bonds is 7. The summed E-state index contributed by atoms with van der Waals surface area (Å²) in [6.45, 7) is 4.05. The summed E-state index contributed by atoms with van der Waals surface area (Å²) in [5.74, 6) is 1.41. The molecule has 1 aliphatic rings. The Balaban J connectivity index is 1.62. The molecule has 1 aromatic carbocycles. The molecule has 1 aliphatic heterocycles. The normalized spacial score (nSPS) is 18.0. The lowest BCUT2D eigenvalue weighted by Crippen LogP contribution is -2.47. The van der Waals surface area contributed by atoms with E-state index in [1.54, 1.807) is 17.2 Å². The Kier molecular flexibility index (Phi) is 6.15. The molecule has 0 N–H and O–H groups in total. The zero-order valence-corrected chi connectivity index (χ0v) is 18.4. The minimum atomic E-state index is -3.26. The molecule has 1 fully saturated rings. The standard InChI is InChI=1S/C20H27N6O3P/c1-4-25(16-8-7-13-24(14-16)30(27,28-2)29-3)20-21-12-11-19(23-20)26-15-22-17-9-5-6-10-18(17)26/h5-6,9-12,15-16H,4,7-8,13-14H2,1-3H3. The molecule has 0 bridgehead atoms. The first-order valence-electron chi connectivity index (χ1n) is 10.1. The van der Waals surface area contributed by atoms with Crippen molar-refractivity contribution in [3.05, 3.63) is 42.9 Å². The maximum absolute atomic E-state index is 12.9. The number of imidazole rings is 1. The molecule has 0 aliphatic carbocycles. The van der Waals surface area contributed by atoms with Crippen LogP contribution in [0.4, 0.5) is 5.95 Å². The third-order valence-electron chi connectivity index (χ3n) is 5.55. The van der Waals surface area contributed by atoms with Crippen LogP contribution in [0.3, 0.4) is 0 Å². The van der Waals surface area contributed by atoms with Gasteiger partial charge in [0.15, 0.2) is 0 Å². The SMILES string of the molecule is CCN(c1nccc(-n2cnc3ccccc32)n1)C1CCCN(P(=O)(OC)OC)C1. The zero-order chi connectivity index (χ0) is 21.1. The van der Waals surface area contributed by atoms with Gasteiger partial charge in [0.05, 0.1) is 11.0 Å². The van der Waals surface area contributed by atoms with E-state index >= 15 is 0 Å². The Bertz CT molecular complexity index is 1050. The summed E-state index contributed by atoms with van der Waals surface area (Å²) in [5, 5.41) is 0. The Hall–Kier alpha value is -2.32. The van der Waals surface area contributed by atoms with E-state index in [1.807, 2.05) is 34.9 Å². The number of benzene rings is 1. The summed E-state index contributed by atoms with van der Waals surface area (Å²) in [7, 11) is -0.410. The van der Waals surface area contributed by atoms with Crippen molar-refractivity contribution in [3.8, 4) is 5.82 Å². The number of anilines is 1. The van der Waals surface area contributed by atoms with Gasteiger partial charge in [-0.2, -0.15) is 4.98 Å².